The van der Waals surface area contributed by atoms with Crippen molar-refractivity contribution in [2.45, 2.75) is 13.0 Å². The lowest BCUT2D eigenvalue weighted by atomic mass is 10.1. The third kappa shape index (κ3) is 3.40. The molecule has 3 aromatic rings. The average molecular weight is 365 g/mol. The van der Waals surface area contributed by atoms with Crippen molar-refractivity contribution in [3.63, 3.8) is 0 Å². The van der Waals surface area contributed by atoms with Gasteiger partial charge in [-0.2, -0.15) is 5.10 Å². The maximum absolute atomic E-state index is 13.9. The molecular formula is C20H20FN5O. The van der Waals surface area contributed by atoms with Crippen molar-refractivity contribution in [1.82, 2.24) is 14.8 Å². The van der Waals surface area contributed by atoms with Gasteiger partial charge >= 0.3 is 0 Å². The van der Waals surface area contributed by atoms with Gasteiger partial charge in [0.15, 0.2) is 0 Å². The second-order valence-electron chi connectivity index (χ2n) is 6.62. The fraction of sp³-hybridized carbons (Fsp3) is 0.250. The Balaban J connectivity index is 1.73. The van der Waals surface area contributed by atoms with Crippen LogP contribution in [-0.2, 0) is 6.54 Å². The summed E-state index contributed by atoms with van der Waals surface area (Å²) in [6.45, 7) is 1.80. The van der Waals surface area contributed by atoms with Crippen LogP contribution in [0.15, 0.2) is 55.1 Å². The number of carbonyl (C=O) groups excluding carboxylic acids is 1. The number of hydrogen-bond donors (Lipinski definition) is 0. The molecule has 27 heavy (non-hydrogen) atoms. The fourth-order valence-electron chi connectivity index (χ4n) is 3.45. The SMILES string of the molecule is CN1CCCN(C(=O)c2ccccc2Cn2cncn2)c2cc(F)ccc21. The van der Waals surface area contributed by atoms with Gasteiger partial charge in [-0.25, -0.2) is 14.1 Å². The van der Waals surface area contributed by atoms with Crippen LogP contribution in [0.4, 0.5) is 15.8 Å². The first kappa shape index (κ1) is 17.2. The van der Waals surface area contributed by atoms with Gasteiger partial charge < -0.3 is 9.80 Å². The minimum Gasteiger partial charge on any atom is -0.373 e. The lowest BCUT2D eigenvalue weighted by Gasteiger charge is -2.25. The second-order valence-corrected chi connectivity index (χ2v) is 6.62. The van der Waals surface area contributed by atoms with Gasteiger partial charge in [0.1, 0.15) is 18.5 Å². The van der Waals surface area contributed by atoms with Crippen LogP contribution < -0.4 is 9.80 Å². The number of amides is 1. The van der Waals surface area contributed by atoms with E-state index in [1.807, 2.05) is 31.3 Å². The van der Waals surface area contributed by atoms with Gasteiger partial charge in [0.25, 0.3) is 5.91 Å². The summed E-state index contributed by atoms with van der Waals surface area (Å²) in [4.78, 5) is 21.1. The predicted octanol–water partition coefficient (Wildman–Crippen LogP) is 2.95. The Kier molecular flexibility index (Phi) is 4.58. The van der Waals surface area contributed by atoms with Crippen LogP contribution in [0.1, 0.15) is 22.3 Å². The molecule has 7 heteroatoms. The lowest BCUT2D eigenvalue weighted by Crippen LogP contribution is -2.32. The average Bonchev–Trinajstić information content (AvgIpc) is 3.12. The van der Waals surface area contributed by atoms with E-state index in [-0.39, 0.29) is 11.7 Å². The van der Waals surface area contributed by atoms with Crippen LogP contribution in [0.3, 0.4) is 0 Å². The van der Waals surface area contributed by atoms with Crippen molar-refractivity contribution in [3.05, 3.63) is 72.1 Å². The maximum atomic E-state index is 13.9. The molecule has 138 valence electrons. The Morgan fingerprint density at radius 1 is 1.15 bits per heavy atom. The van der Waals surface area contributed by atoms with E-state index in [9.17, 15) is 9.18 Å². The molecule has 0 fully saturated rings. The van der Waals surface area contributed by atoms with Crippen LogP contribution in [-0.4, -0.2) is 40.8 Å². The molecule has 0 saturated carbocycles. The first-order valence-electron chi connectivity index (χ1n) is 8.86. The normalized spacial score (nSPS) is 14.0. The molecule has 0 unspecified atom stereocenters. The quantitative estimate of drug-likeness (QED) is 0.716. The maximum Gasteiger partial charge on any atom is 0.258 e. The zero-order valence-electron chi connectivity index (χ0n) is 15.0. The molecule has 2 heterocycles. The molecule has 1 amide bonds. The van der Waals surface area contributed by atoms with Crippen LogP contribution >= 0.6 is 0 Å². The fourth-order valence-corrected chi connectivity index (χ4v) is 3.45. The van der Waals surface area contributed by atoms with Crippen LogP contribution in [0, 0.1) is 5.82 Å². The molecule has 0 radical (unpaired) electrons. The molecule has 2 aromatic carbocycles. The largest absolute Gasteiger partial charge is 0.373 e. The monoisotopic (exact) mass is 365 g/mol. The van der Waals surface area contributed by atoms with Gasteiger partial charge in [-0.15, -0.1) is 0 Å². The number of benzene rings is 2. The molecule has 0 bridgehead atoms. The number of fused-ring (bicyclic) bond motifs is 1. The topological polar surface area (TPSA) is 54.3 Å². The minimum atomic E-state index is -0.349. The van der Waals surface area contributed by atoms with Gasteiger partial charge in [0.05, 0.1) is 17.9 Å². The molecule has 4 rings (SSSR count). The van der Waals surface area contributed by atoms with E-state index in [0.717, 1.165) is 24.2 Å². The van der Waals surface area contributed by atoms with Crippen molar-refractivity contribution >= 4 is 17.3 Å². The summed E-state index contributed by atoms with van der Waals surface area (Å²) in [6.07, 6.45) is 3.89. The van der Waals surface area contributed by atoms with Crippen molar-refractivity contribution in [3.8, 4) is 0 Å². The summed E-state index contributed by atoms with van der Waals surface area (Å²) in [5.41, 5.74) is 2.91. The summed E-state index contributed by atoms with van der Waals surface area (Å²) in [7, 11) is 1.96. The summed E-state index contributed by atoms with van der Waals surface area (Å²) in [5.74, 6) is -0.481. The van der Waals surface area contributed by atoms with E-state index in [1.165, 1.54) is 18.5 Å². The first-order chi connectivity index (χ1) is 13.1. The molecule has 0 atom stereocenters. The molecule has 0 N–H and O–H groups in total. The molecule has 1 aromatic heterocycles. The van der Waals surface area contributed by atoms with E-state index in [4.69, 9.17) is 0 Å². The van der Waals surface area contributed by atoms with E-state index in [2.05, 4.69) is 15.0 Å². The first-order valence-corrected chi connectivity index (χ1v) is 8.86. The second kappa shape index (κ2) is 7.19. The number of carbonyl (C=O) groups is 1. The zero-order valence-corrected chi connectivity index (χ0v) is 15.0. The van der Waals surface area contributed by atoms with Crippen LogP contribution in [0.5, 0.6) is 0 Å². The van der Waals surface area contributed by atoms with Gasteiger partial charge in [0, 0.05) is 25.7 Å². The number of anilines is 2. The summed E-state index contributed by atoms with van der Waals surface area (Å²) in [6, 6.07) is 12.1. The van der Waals surface area contributed by atoms with Gasteiger partial charge in [-0.05, 0) is 36.2 Å². The summed E-state index contributed by atoms with van der Waals surface area (Å²) < 4.78 is 15.6. The Morgan fingerprint density at radius 2 is 2.00 bits per heavy atom. The Bertz CT molecular complexity index is 957. The van der Waals surface area contributed by atoms with Crippen molar-refractivity contribution in [1.29, 1.82) is 0 Å². The van der Waals surface area contributed by atoms with E-state index in [0.29, 0.717) is 24.3 Å². The minimum absolute atomic E-state index is 0.132. The number of nitrogens with zero attached hydrogens (tertiary/aromatic N) is 5. The Hall–Kier alpha value is -3.22. The number of hydrogen-bond acceptors (Lipinski definition) is 4. The molecule has 6 nitrogen and oxygen atoms in total. The Morgan fingerprint density at radius 3 is 2.81 bits per heavy atom. The molecule has 1 aliphatic rings. The highest BCUT2D eigenvalue weighted by atomic mass is 19.1. The molecule has 1 aliphatic heterocycles. The van der Waals surface area contributed by atoms with Gasteiger partial charge in [0.2, 0.25) is 0 Å². The van der Waals surface area contributed by atoms with Gasteiger partial charge in [-0.1, -0.05) is 18.2 Å². The number of halogens is 1. The highest BCUT2D eigenvalue weighted by molar-refractivity contribution is 6.08. The standard InChI is InChI=1S/C20H20FN5O/c1-24-9-4-10-26(19-11-16(21)7-8-18(19)24)20(27)17-6-3-2-5-15(17)12-25-14-22-13-23-25/h2-3,5-8,11,13-14H,4,9-10,12H2,1H3. The third-order valence-corrected chi connectivity index (χ3v) is 4.81. The predicted molar refractivity (Wildman–Crippen MR) is 102 cm³/mol. The summed E-state index contributed by atoms with van der Waals surface area (Å²) in [5, 5.41) is 4.12. The van der Waals surface area contributed by atoms with E-state index >= 15 is 0 Å². The van der Waals surface area contributed by atoms with Crippen molar-refractivity contribution < 1.29 is 9.18 Å². The number of rotatable bonds is 3. The van der Waals surface area contributed by atoms with Gasteiger partial charge in [-0.3, -0.25) is 4.79 Å². The molecule has 0 saturated heterocycles. The number of aromatic nitrogens is 3. The highest BCUT2D eigenvalue weighted by Crippen LogP contribution is 2.33. The van der Waals surface area contributed by atoms with E-state index in [1.54, 1.807) is 22.0 Å². The van der Waals surface area contributed by atoms with Crippen LogP contribution in [0.25, 0.3) is 0 Å². The lowest BCUT2D eigenvalue weighted by molar-refractivity contribution is 0.0986. The van der Waals surface area contributed by atoms with Crippen LogP contribution in [0.2, 0.25) is 0 Å². The zero-order chi connectivity index (χ0) is 18.8. The molecular weight excluding hydrogens is 345 g/mol. The van der Waals surface area contributed by atoms with E-state index < -0.39 is 0 Å². The Labute approximate surface area is 156 Å². The smallest absolute Gasteiger partial charge is 0.258 e. The molecule has 0 spiro atoms. The van der Waals surface area contributed by atoms with Crippen molar-refractivity contribution in [2.75, 3.05) is 29.9 Å². The third-order valence-electron chi connectivity index (χ3n) is 4.81. The summed E-state index contributed by atoms with van der Waals surface area (Å²) >= 11 is 0. The van der Waals surface area contributed by atoms with Crippen molar-refractivity contribution in [2.24, 2.45) is 0 Å². The highest BCUT2D eigenvalue weighted by Gasteiger charge is 2.26. The molecule has 0 aliphatic carbocycles.